The molecule has 0 radical (unpaired) electrons. The first kappa shape index (κ1) is 19.6. The standard InChI is InChI=1S/C17H10Cl4O4/c18-8-1-3-10(13(20)5-8)16(12(17(24)25)7-15(22)23)11-4-2-9(19)6-14(11)21/h1-7,16H,(H,22,23)(H,24,25)/b12-7+. The van der Waals surface area contributed by atoms with Gasteiger partial charge in [0.25, 0.3) is 0 Å². The molecule has 2 rings (SSSR count). The summed E-state index contributed by atoms with van der Waals surface area (Å²) in [6, 6.07) is 8.99. The highest BCUT2D eigenvalue weighted by atomic mass is 35.5. The summed E-state index contributed by atoms with van der Waals surface area (Å²) >= 11 is 24.2. The maximum atomic E-state index is 11.7. The number of hydrogen-bond donors (Lipinski definition) is 2. The summed E-state index contributed by atoms with van der Waals surface area (Å²) in [5.74, 6) is -3.84. The lowest BCUT2D eigenvalue weighted by Gasteiger charge is -2.21. The van der Waals surface area contributed by atoms with E-state index in [1.54, 1.807) is 0 Å². The van der Waals surface area contributed by atoms with Gasteiger partial charge in [0.1, 0.15) is 0 Å². The van der Waals surface area contributed by atoms with Crippen molar-refractivity contribution >= 4 is 58.3 Å². The van der Waals surface area contributed by atoms with E-state index in [1.807, 2.05) is 0 Å². The molecule has 25 heavy (non-hydrogen) atoms. The van der Waals surface area contributed by atoms with Crippen LogP contribution in [0.4, 0.5) is 0 Å². The first-order valence-corrected chi connectivity index (χ1v) is 8.29. The summed E-state index contributed by atoms with van der Waals surface area (Å²) in [6.45, 7) is 0. The minimum atomic E-state index is -1.41. The summed E-state index contributed by atoms with van der Waals surface area (Å²) in [5.41, 5.74) is 0.302. The monoisotopic (exact) mass is 418 g/mol. The average Bonchev–Trinajstić information content (AvgIpc) is 2.49. The Bertz CT molecular complexity index is 825. The van der Waals surface area contributed by atoms with E-state index in [0.717, 1.165) is 0 Å². The number of halogens is 4. The van der Waals surface area contributed by atoms with Crippen molar-refractivity contribution in [3.05, 3.63) is 79.3 Å². The molecule has 0 heterocycles. The van der Waals surface area contributed by atoms with Crippen LogP contribution in [0.1, 0.15) is 17.0 Å². The van der Waals surface area contributed by atoms with Crippen LogP contribution in [0.25, 0.3) is 0 Å². The molecule has 0 aliphatic heterocycles. The van der Waals surface area contributed by atoms with Gasteiger partial charge in [-0.05, 0) is 35.4 Å². The lowest BCUT2D eigenvalue weighted by atomic mass is 9.84. The molecular formula is C17H10Cl4O4. The normalized spacial score (nSPS) is 11.6. The molecule has 0 saturated carbocycles. The van der Waals surface area contributed by atoms with Crippen LogP contribution in [0.2, 0.25) is 20.1 Å². The zero-order chi connectivity index (χ0) is 18.7. The van der Waals surface area contributed by atoms with Gasteiger partial charge in [-0.25, -0.2) is 9.59 Å². The molecule has 0 amide bonds. The molecular weight excluding hydrogens is 410 g/mol. The lowest BCUT2D eigenvalue weighted by molar-refractivity contribution is -0.135. The molecule has 0 aliphatic carbocycles. The average molecular weight is 420 g/mol. The Morgan fingerprint density at radius 3 is 1.60 bits per heavy atom. The Labute approximate surface area is 163 Å². The Balaban J connectivity index is 2.79. The van der Waals surface area contributed by atoms with E-state index in [9.17, 15) is 14.7 Å². The van der Waals surface area contributed by atoms with Crippen LogP contribution in [-0.2, 0) is 9.59 Å². The fourth-order valence-corrected chi connectivity index (χ4v) is 3.41. The van der Waals surface area contributed by atoms with Gasteiger partial charge in [0.15, 0.2) is 0 Å². The van der Waals surface area contributed by atoms with E-state index in [4.69, 9.17) is 51.5 Å². The SMILES string of the molecule is O=C(O)/C=C(/C(=O)O)C(c1ccc(Cl)cc1Cl)c1ccc(Cl)cc1Cl. The number of carboxylic acids is 2. The largest absolute Gasteiger partial charge is 0.478 e. The number of carboxylic acid groups (broad SMARTS) is 2. The second-order valence-corrected chi connectivity index (χ2v) is 6.70. The number of aliphatic carboxylic acids is 2. The summed E-state index contributed by atoms with van der Waals surface area (Å²) in [4.78, 5) is 22.8. The zero-order valence-corrected chi connectivity index (χ0v) is 15.4. The minimum Gasteiger partial charge on any atom is -0.478 e. The fourth-order valence-electron chi connectivity index (χ4n) is 2.38. The third-order valence-electron chi connectivity index (χ3n) is 3.38. The topological polar surface area (TPSA) is 74.6 Å². The van der Waals surface area contributed by atoms with E-state index >= 15 is 0 Å². The maximum absolute atomic E-state index is 11.7. The van der Waals surface area contributed by atoms with E-state index < -0.39 is 23.4 Å². The van der Waals surface area contributed by atoms with Gasteiger partial charge < -0.3 is 10.2 Å². The minimum absolute atomic E-state index is 0.182. The van der Waals surface area contributed by atoms with Crippen LogP contribution < -0.4 is 0 Å². The van der Waals surface area contributed by atoms with Crippen molar-refractivity contribution in [1.29, 1.82) is 0 Å². The molecule has 0 aliphatic rings. The molecule has 4 nitrogen and oxygen atoms in total. The van der Waals surface area contributed by atoms with E-state index in [0.29, 0.717) is 27.2 Å². The lowest BCUT2D eigenvalue weighted by Crippen LogP contribution is -2.15. The summed E-state index contributed by atoms with van der Waals surface area (Å²) in [7, 11) is 0. The van der Waals surface area contributed by atoms with Crippen molar-refractivity contribution in [2.45, 2.75) is 5.92 Å². The predicted molar refractivity (Wildman–Crippen MR) is 98.1 cm³/mol. The summed E-state index contributed by atoms with van der Waals surface area (Å²) in [6.07, 6.45) is 0.614. The second-order valence-electron chi connectivity index (χ2n) is 5.01. The van der Waals surface area contributed by atoms with Gasteiger partial charge >= 0.3 is 11.9 Å². The van der Waals surface area contributed by atoms with Crippen LogP contribution in [0.5, 0.6) is 0 Å². The van der Waals surface area contributed by atoms with Crippen LogP contribution in [0.3, 0.4) is 0 Å². The van der Waals surface area contributed by atoms with Crippen molar-refractivity contribution in [2.24, 2.45) is 0 Å². The predicted octanol–water partition coefficient (Wildman–Crippen LogP) is 5.53. The van der Waals surface area contributed by atoms with Gasteiger partial charge in [-0.15, -0.1) is 0 Å². The zero-order valence-electron chi connectivity index (χ0n) is 12.3. The highest BCUT2D eigenvalue weighted by Gasteiger charge is 2.29. The maximum Gasteiger partial charge on any atom is 0.332 e. The van der Waals surface area contributed by atoms with Gasteiger partial charge in [0.2, 0.25) is 0 Å². The van der Waals surface area contributed by atoms with Gasteiger partial charge in [-0.2, -0.15) is 0 Å². The third-order valence-corrected chi connectivity index (χ3v) is 4.51. The summed E-state index contributed by atoms with van der Waals surface area (Å²) in [5, 5.41) is 19.7. The highest BCUT2D eigenvalue weighted by Crippen LogP contribution is 2.40. The molecule has 8 heteroatoms. The van der Waals surface area contributed by atoms with Crippen LogP contribution in [0.15, 0.2) is 48.0 Å². The highest BCUT2D eigenvalue weighted by molar-refractivity contribution is 6.36. The Kier molecular flexibility index (Phi) is 6.36. The summed E-state index contributed by atoms with van der Waals surface area (Å²) < 4.78 is 0. The first-order chi connectivity index (χ1) is 11.7. The molecule has 0 atom stereocenters. The van der Waals surface area contributed by atoms with Crippen molar-refractivity contribution in [3.63, 3.8) is 0 Å². The molecule has 0 aromatic heterocycles. The number of benzene rings is 2. The van der Waals surface area contributed by atoms with Crippen molar-refractivity contribution in [2.75, 3.05) is 0 Å². The van der Waals surface area contributed by atoms with Crippen LogP contribution in [-0.4, -0.2) is 22.2 Å². The molecule has 2 aromatic carbocycles. The molecule has 0 unspecified atom stereocenters. The van der Waals surface area contributed by atoms with Gasteiger partial charge in [0, 0.05) is 32.1 Å². The van der Waals surface area contributed by atoms with Crippen LogP contribution in [0, 0.1) is 0 Å². The van der Waals surface area contributed by atoms with Crippen molar-refractivity contribution in [1.82, 2.24) is 0 Å². The van der Waals surface area contributed by atoms with E-state index in [1.165, 1.54) is 36.4 Å². The van der Waals surface area contributed by atoms with E-state index in [2.05, 4.69) is 0 Å². The quantitative estimate of drug-likeness (QED) is 0.625. The molecule has 0 saturated heterocycles. The van der Waals surface area contributed by atoms with Gasteiger partial charge in [-0.3, -0.25) is 0 Å². The van der Waals surface area contributed by atoms with Crippen molar-refractivity contribution in [3.8, 4) is 0 Å². The van der Waals surface area contributed by atoms with E-state index in [-0.39, 0.29) is 10.0 Å². The number of rotatable bonds is 5. The first-order valence-electron chi connectivity index (χ1n) is 6.78. The molecule has 2 aromatic rings. The Hall–Kier alpha value is -1.72. The van der Waals surface area contributed by atoms with Crippen LogP contribution >= 0.6 is 46.4 Å². The Morgan fingerprint density at radius 1 is 0.840 bits per heavy atom. The molecule has 0 fully saturated rings. The molecule has 2 N–H and O–H groups in total. The third kappa shape index (κ3) is 4.67. The van der Waals surface area contributed by atoms with Gasteiger partial charge in [-0.1, -0.05) is 58.5 Å². The molecule has 0 spiro atoms. The Morgan fingerprint density at radius 2 is 1.28 bits per heavy atom. The molecule has 0 bridgehead atoms. The van der Waals surface area contributed by atoms with Crippen molar-refractivity contribution < 1.29 is 19.8 Å². The number of carbonyl (C=O) groups is 2. The second kappa shape index (κ2) is 8.11. The smallest absolute Gasteiger partial charge is 0.332 e. The molecule has 130 valence electrons. The van der Waals surface area contributed by atoms with Gasteiger partial charge in [0.05, 0.1) is 5.57 Å². The fraction of sp³-hybridized carbons (Fsp3) is 0.0588. The number of hydrogen-bond acceptors (Lipinski definition) is 2.